The lowest BCUT2D eigenvalue weighted by Crippen LogP contribution is -2.16. The number of hydrogen-bond donors (Lipinski definition) is 2. The number of esters is 1. The second kappa shape index (κ2) is 8.30. The number of aromatic nitrogens is 2. The van der Waals surface area contributed by atoms with Gasteiger partial charge in [-0.3, -0.25) is 4.79 Å². The predicted molar refractivity (Wildman–Crippen MR) is 107 cm³/mol. The van der Waals surface area contributed by atoms with Crippen molar-refractivity contribution in [1.82, 2.24) is 9.97 Å². The maximum Gasteiger partial charge on any atom is 0.337 e. The number of nitrogens with one attached hydrogen (secondary N) is 2. The van der Waals surface area contributed by atoms with E-state index in [-0.39, 0.29) is 17.5 Å². The Kier molecular flexibility index (Phi) is 5.64. The normalized spacial score (nSPS) is 10.2. The van der Waals surface area contributed by atoms with E-state index in [2.05, 4.69) is 20.6 Å². The number of benzene rings is 2. The van der Waals surface area contributed by atoms with Gasteiger partial charge >= 0.3 is 5.97 Å². The van der Waals surface area contributed by atoms with Crippen molar-refractivity contribution in [2.45, 2.75) is 13.8 Å². The summed E-state index contributed by atoms with van der Waals surface area (Å²) in [5.41, 5.74) is 3.95. The zero-order valence-corrected chi connectivity index (χ0v) is 15.8. The topological polar surface area (TPSA) is 93.2 Å². The number of carbonyl (C=O) groups excluding carboxylic acids is 2. The summed E-state index contributed by atoms with van der Waals surface area (Å²) in [5, 5.41) is 5.89. The van der Waals surface area contributed by atoms with Gasteiger partial charge in [0, 0.05) is 17.6 Å². The lowest BCUT2D eigenvalue weighted by molar-refractivity contribution is 0.0600. The molecule has 0 unspecified atom stereocenters. The summed E-state index contributed by atoms with van der Waals surface area (Å²) in [5.74, 6) is -0.520. The molecule has 0 saturated heterocycles. The van der Waals surface area contributed by atoms with Gasteiger partial charge in [-0.1, -0.05) is 24.3 Å². The molecule has 2 aromatic carbocycles. The van der Waals surface area contributed by atoms with Crippen LogP contribution in [0.25, 0.3) is 0 Å². The molecule has 0 aliphatic heterocycles. The molecule has 0 spiro atoms. The summed E-state index contributed by atoms with van der Waals surface area (Å²) < 4.78 is 4.72. The number of ether oxygens (including phenoxy) is 1. The van der Waals surface area contributed by atoms with Crippen molar-refractivity contribution >= 4 is 29.2 Å². The molecule has 7 heteroatoms. The molecule has 3 aromatic rings. The third-order valence-electron chi connectivity index (χ3n) is 4.15. The average molecular weight is 376 g/mol. The van der Waals surface area contributed by atoms with Crippen LogP contribution in [-0.2, 0) is 4.74 Å². The second-order valence-electron chi connectivity index (χ2n) is 6.18. The molecule has 0 bridgehead atoms. The molecular weight excluding hydrogens is 356 g/mol. The van der Waals surface area contributed by atoms with Gasteiger partial charge in [0.25, 0.3) is 5.91 Å². The Morgan fingerprint density at radius 3 is 2.43 bits per heavy atom. The first-order valence-corrected chi connectivity index (χ1v) is 8.64. The molecule has 1 aromatic heterocycles. The summed E-state index contributed by atoms with van der Waals surface area (Å²) >= 11 is 0. The third-order valence-corrected chi connectivity index (χ3v) is 4.15. The number of nitrogens with zero attached hydrogens (tertiary/aromatic N) is 2. The first-order valence-electron chi connectivity index (χ1n) is 8.64. The Labute approximate surface area is 162 Å². The van der Waals surface area contributed by atoms with Gasteiger partial charge in [0.15, 0.2) is 0 Å². The maximum atomic E-state index is 12.6. The van der Waals surface area contributed by atoms with Crippen molar-refractivity contribution < 1.29 is 14.3 Å². The average Bonchev–Trinajstić information content (AvgIpc) is 2.70. The number of para-hydroxylation sites is 1. The highest BCUT2D eigenvalue weighted by atomic mass is 16.5. The van der Waals surface area contributed by atoms with Gasteiger partial charge in [0.1, 0.15) is 5.69 Å². The van der Waals surface area contributed by atoms with Crippen LogP contribution < -0.4 is 10.6 Å². The first-order chi connectivity index (χ1) is 13.5. The summed E-state index contributed by atoms with van der Waals surface area (Å²) in [7, 11) is 1.32. The fraction of sp³-hybridized carbons (Fsp3) is 0.143. The van der Waals surface area contributed by atoms with Crippen LogP contribution in [0.2, 0.25) is 0 Å². The number of aryl methyl sites for hydroxylation is 2. The zero-order chi connectivity index (χ0) is 20.1. The van der Waals surface area contributed by atoms with Crippen molar-refractivity contribution in [3.8, 4) is 0 Å². The number of carbonyl (C=O) groups is 2. The van der Waals surface area contributed by atoms with E-state index >= 15 is 0 Å². The number of hydrogen-bond acceptors (Lipinski definition) is 6. The standard InChI is InChI=1S/C21H20N4O3/c1-13-6-4-7-14(2)18(13)25-19(26)17-10-11-22-21(24-17)23-16-9-5-8-15(12-16)20(27)28-3/h4-12H,1-3H3,(H,25,26)(H,22,23,24). The van der Waals surface area contributed by atoms with Gasteiger partial charge in [0.05, 0.1) is 12.7 Å². The van der Waals surface area contributed by atoms with Crippen LogP contribution >= 0.6 is 0 Å². The van der Waals surface area contributed by atoms with Crippen LogP contribution in [0.15, 0.2) is 54.7 Å². The highest BCUT2D eigenvalue weighted by Gasteiger charge is 2.12. The highest BCUT2D eigenvalue weighted by Crippen LogP contribution is 2.20. The molecule has 0 aliphatic rings. The maximum absolute atomic E-state index is 12.6. The predicted octanol–water partition coefficient (Wildman–Crippen LogP) is 3.88. The van der Waals surface area contributed by atoms with Gasteiger partial charge in [0.2, 0.25) is 5.95 Å². The Morgan fingerprint density at radius 1 is 1.00 bits per heavy atom. The van der Waals surface area contributed by atoms with Gasteiger partial charge in [-0.25, -0.2) is 14.8 Å². The molecule has 2 N–H and O–H groups in total. The number of amides is 1. The second-order valence-corrected chi connectivity index (χ2v) is 6.18. The van der Waals surface area contributed by atoms with E-state index in [1.807, 2.05) is 32.0 Å². The van der Waals surface area contributed by atoms with E-state index in [1.165, 1.54) is 13.3 Å². The molecule has 0 saturated carbocycles. The van der Waals surface area contributed by atoms with Crippen molar-refractivity contribution in [1.29, 1.82) is 0 Å². The van der Waals surface area contributed by atoms with Gasteiger partial charge in [-0.15, -0.1) is 0 Å². The number of anilines is 3. The summed E-state index contributed by atoms with van der Waals surface area (Å²) in [6.45, 7) is 3.87. The third kappa shape index (κ3) is 4.32. The highest BCUT2D eigenvalue weighted by molar-refractivity contribution is 6.03. The van der Waals surface area contributed by atoms with Gasteiger partial charge in [-0.05, 0) is 49.2 Å². The minimum absolute atomic E-state index is 0.226. The molecule has 0 fully saturated rings. The van der Waals surface area contributed by atoms with Gasteiger partial charge in [-0.2, -0.15) is 0 Å². The van der Waals surface area contributed by atoms with Crippen molar-refractivity contribution in [3.05, 3.63) is 77.1 Å². The van der Waals surface area contributed by atoms with E-state index in [9.17, 15) is 9.59 Å². The Bertz CT molecular complexity index is 1010. The SMILES string of the molecule is COC(=O)c1cccc(Nc2nccc(C(=O)Nc3c(C)cccc3C)n2)c1. The first kappa shape index (κ1) is 19.0. The quantitative estimate of drug-likeness (QED) is 0.657. The van der Waals surface area contributed by atoms with Gasteiger partial charge < -0.3 is 15.4 Å². The summed E-state index contributed by atoms with van der Waals surface area (Å²) in [6, 6.07) is 14.1. The molecule has 7 nitrogen and oxygen atoms in total. The van der Waals surface area contributed by atoms with E-state index in [4.69, 9.17) is 4.74 Å². The minimum Gasteiger partial charge on any atom is -0.465 e. The largest absolute Gasteiger partial charge is 0.465 e. The lowest BCUT2D eigenvalue weighted by atomic mass is 10.1. The number of methoxy groups -OCH3 is 1. The van der Waals surface area contributed by atoms with Crippen molar-refractivity contribution in [2.75, 3.05) is 17.7 Å². The van der Waals surface area contributed by atoms with Crippen LogP contribution in [0, 0.1) is 13.8 Å². The molecule has 0 radical (unpaired) electrons. The lowest BCUT2D eigenvalue weighted by Gasteiger charge is -2.11. The molecule has 0 aliphatic carbocycles. The zero-order valence-electron chi connectivity index (χ0n) is 15.8. The molecule has 28 heavy (non-hydrogen) atoms. The van der Waals surface area contributed by atoms with E-state index in [0.717, 1.165) is 16.8 Å². The van der Waals surface area contributed by atoms with Crippen molar-refractivity contribution in [2.24, 2.45) is 0 Å². The summed E-state index contributed by atoms with van der Waals surface area (Å²) in [4.78, 5) is 32.7. The Balaban J connectivity index is 1.79. The van der Waals surface area contributed by atoms with Crippen LogP contribution in [0.3, 0.4) is 0 Å². The number of rotatable bonds is 5. The molecule has 1 heterocycles. The molecule has 0 atom stereocenters. The van der Waals surface area contributed by atoms with E-state index < -0.39 is 5.97 Å². The van der Waals surface area contributed by atoms with Crippen LogP contribution in [0.4, 0.5) is 17.3 Å². The minimum atomic E-state index is -0.439. The monoisotopic (exact) mass is 376 g/mol. The molecule has 3 rings (SSSR count). The molecule has 1 amide bonds. The fourth-order valence-electron chi connectivity index (χ4n) is 2.71. The van der Waals surface area contributed by atoms with Crippen LogP contribution in [-0.4, -0.2) is 29.0 Å². The van der Waals surface area contributed by atoms with Crippen molar-refractivity contribution in [3.63, 3.8) is 0 Å². The molecule has 142 valence electrons. The Hall–Kier alpha value is -3.74. The molecular formula is C21H20N4O3. The van der Waals surface area contributed by atoms with E-state index in [0.29, 0.717) is 11.3 Å². The summed E-state index contributed by atoms with van der Waals surface area (Å²) in [6.07, 6.45) is 1.50. The van der Waals surface area contributed by atoms with Crippen LogP contribution in [0.1, 0.15) is 32.0 Å². The smallest absolute Gasteiger partial charge is 0.337 e. The fourth-order valence-corrected chi connectivity index (χ4v) is 2.71. The van der Waals surface area contributed by atoms with E-state index in [1.54, 1.807) is 30.3 Å². The Morgan fingerprint density at radius 2 is 1.71 bits per heavy atom. The van der Waals surface area contributed by atoms with Crippen LogP contribution in [0.5, 0.6) is 0 Å².